The molecule has 0 aliphatic carbocycles. The number of benzene rings is 2. The molecule has 2 fully saturated rings. The standard InChI is InChI=1S/C20H18ClN3O3S/c1-13-5-6-16(8-17(13)21)24-19-12-28(26,27)11-18(19)23(20(24)25)10-15-4-2-3-14(7-15)9-22/h2-8,18-19H,10-12H2,1H3/t18-,19-/m0/s1. The zero-order chi connectivity index (χ0) is 20.1. The highest BCUT2D eigenvalue weighted by Gasteiger charge is 2.53. The van der Waals surface area contributed by atoms with E-state index < -0.39 is 21.9 Å². The van der Waals surface area contributed by atoms with Gasteiger partial charge in [0.05, 0.1) is 35.2 Å². The molecule has 0 radical (unpaired) electrons. The molecule has 0 N–H and O–H groups in total. The maximum absolute atomic E-state index is 13.2. The van der Waals surface area contributed by atoms with Gasteiger partial charge in [-0.05, 0) is 42.3 Å². The molecule has 2 saturated heterocycles. The Morgan fingerprint density at radius 3 is 2.64 bits per heavy atom. The van der Waals surface area contributed by atoms with E-state index in [-0.39, 0.29) is 24.1 Å². The monoisotopic (exact) mass is 415 g/mol. The highest BCUT2D eigenvalue weighted by molar-refractivity contribution is 7.91. The van der Waals surface area contributed by atoms with Crippen LogP contribution in [0.2, 0.25) is 5.02 Å². The number of carbonyl (C=O) groups excluding carboxylic acids is 1. The summed E-state index contributed by atoms with van der Waals surface area (Å²) < 4.78 is 24.6. The van der Waals surface area contributed by atoms with E-state index in [1.165, 1.54) is 0 Å². The predicted molar refractivity (Wildman–Crippen MR) is 107 cm³/mol. The zero-order valence-electron chi connectivity index (χ0n) is 15.2. The molecule has 0 spiro atoms. The third-order valence-corrected chi connectivity index (χ3v) is 7.43. The maximum Gasteiger partial charge on any atom is 0.325 e. The summed E-state index contributed by atoms with van der Waals surface area (Å²) in [6, 6.07) is 13.3. The van der Waals surface area contributed by atoms with E-state index in [9.17, 15) is 13.2 Å². The lowest BCUT2D eigenvalue weighted by Gasteiger charge is -2.23. The van der Waals surface area contributed by atoms with Crippen LogP contribution in [-0.4, -0.2) is 42.9 Å². The number of carbonyl (C=O) groups is 1. The van der Waals surface area contributed by atoms with Gasteiger partial charge >= 0.3 is 6.03 Å². The molecule has 6 nitrogen and oxygen atoms in total. The van der Waals surface area contributed by atoms with E-state index in [1.54, 1.807) is 40.1 Å². The van der Waals surface area contributed by atoms with Gasteiger partial charge in [-0.15, -0.1) is 0 Å². The molecule has 2 amide bonds. The minimum atomic E-state index is -3.25. The highest BCUT2D eigenvalue weighted by atomic mass is 35.5. The van der Waals surface area contributed by atoms with Crippen LogP contribution < -0.4 is 4.90 Å². The Hall–Kier alpha value is -2.56. The number of rotatable bonds is 3. The molecule has 0 saturated carbocycles. The van der Waals surface area contributed by atoms with Crippen molar-refractivity contribution in [3.05, 3.63) is 64.2 Å². The number of amides is 2. The normalized spacial score (nSPS) is 23.0. The van der Waals surface area contributed by atoms with Gasteiger partial charge in [0, 0.05) is 17.3 Å². The fraction of sp³-hybridized carbons (Fsp3) is 0.300. The number of hydrogen-bond donors (Lipinski definition) is 0. The molecule has 4 rings (SSSR count). The second-order valence-electron chi connectivity index (χ2n) is 7.24. The lowest BCUT2D eigenvalue weighted by atomic mass is 10.1. The third kappa shape index (κ3) is 3.23. The molecule has 144 valence electrons. The molecule has 2 aliphatic rings. The van der Waals surface area contributed by atoms with Crippen LogP contribution in [0, 0.1) is 18.3 Å². The molecular formula is C20H18ClN3O3S. The van der Waals surface area contributed by atoms with E-state index in [0.29, 0.717) is 16.3 Å². The number of sulfone groups is 1. The highest BCUT2D eigenvalue weighted by Crippen LogP contribution is 2.37. The number of urea groups is 1. The number of aryl methyl sites for hydroxylation is 1. The van der Waals surface area contributed by atoms with E-state index in [0.717, 1.165) is 11.1 Å². The van der Waals surface area contributed by atoms with Crippen LogP contribution in [-0.2, 0) is 16.4 Å². The SMILES string of the molecule is Cc1ccc(N2C(=O)N(Cc3cccc(C#N)c3)[C@H]3CS(=O)(=O)C[C@@H]32)cc1Cl. The topological polar surface area (TPSA) is 81.5 Å². The van der Waals surface area contributed by atoms with Gasteiger partial charge in [-0.25, -0.2) is 13.2 Å². The van der Waals surface area contributed by atoms with Crippen molar-refractivity contribution in [2.75, 3.05) is 16.4 Å². The average molecular weight is 416 g/mol. The van der Waals surface area contributed by atoms with Gasteiger partial charge in [-0.3, -0.25) is 4.90 Å². The molecule has 28 heavy (non-hydrogen) atoms. The molecule has 2 aliphatic heterocycles. The molecular weight excluding hydrogens is 398 g/mol. The smallest absolute Gasteiger partial charge is 0.314 e. The summed E-state index contributed by atoms with van der Waals surface area (Å²) in [5, 5.41) is 9.63. The Morgan fingerprint density at radius 2 is 1.93 bits per heavy atom. The van der Waals surface area contributed by atoms with E-state index in [2.05, 4.69) is 6.07 Å². The van der Waals surface area contributed by atoms with Crippen LogP contribution in [0.25, 0.3) is 0 Å². The number of halogens is 1. The number of anilines is 1. The van der Waals surface area contributed by atoms with Crippen molar-refractivity contribution in [2.24, 2.45) is 0 Å². The summed E-state index contributed by atoms with van der Waals surface area (Å²) in [6.45, 7) is 2.12. The van der Waals surface area contributed by atoms with Crippen molar-refractivity contribution in [3.63, 3.8) is 0 Å². The molecule has 2 aromatic carbocycles. The summed E-state index contributed by atoms with van der Waals surface area (Å²) >= 11 is 6.24. The first-order valence-corrected chi connectivity index (χ1v) is 11.0. The molecule has 0 aromatic heterocycles. The van der Waals surface area contributed by atoms with Gasteiger partial charge in [0.25, 0.3) is 0 Å². The molecule has 2 atom stereocenters. The largest absolute Gasteiger partial charge is 0.325 e. The minimum absolute atomic E-state index is 0.0581. The second kappa shape index (κ2) is 6.80. The molecule has 0 unspecified atom stereocenters. The van der Waals surface area contributed by atoms with E-state index in [4.69, 9.17) is 16.9 Å². The van der Waals surface area contributed by atoms with E-state index in [1.807, 2.05) is 19.1 Å². The van der Waals surface area contributed by atoms with Crippen LogP contribution >= 0.6 is 11.6 Å². The fourth-order valence-corrected chi connectivity index (χ4v) is 6.06. The van der Waals surface area contributed by atoms with Crippen LogP contribution in [0.1, 0.15) is 16.7 Å². The van der Waals surface area contributed by atoms with Crippen molar-refractivity contribution >= 4 is 33.2 Å². The summed E-state index contributed by atoms with van der Waals surface area (Å²) in [4.78, 5) is 16.4. The summed E-state index contributed by atoms with van der Waals surface area (Å²) in [5.74, 6) is -0.124. The Kier molecular flexibility index (Phi) is 4.56. The summed E-state index contributed by atoms with van der Waals surface area (Å²) in [7, 11) is -3.25. The number of nitrogens with zero attached hydrogens (tertiary/aromatic N) is 3. The quantitative estimate of drug-likeness (QED) is 0.721. The number of hydrogen-bond acceptors (Lipinski definition) is 4. The Bertz CT molecular complexity index is 1110. The Morgan fingerprint density at radius 1 is 1.18 bits per heavy atom. The maximum atomic E-state index is 13.2. The van der Waals surface area contributed by atoms with Crippen molar-refractivity contribution < 1.29 is 13.2 Å². The number of nitriles is 1. The zero-order valence-corrected chi connectivity index (χ0v) is 16.7. The van der Waals surface area contributed by atoms with Gasteiger partial charge in [0.1, 0.15) is 0 Å². The van der Waals surface area contributed by atoms with E-state index >= 15 is 0 Å². The summed E-state index contributed by atoms with van der Waals surface area (Å²) in [6.07, 6.45) is 0. The van der Waals surface area contributed by atoms with Crippen LogP contribution in [0.3, 0.4) is 0 Å². The molecule has 2 aromatic rings. The fourth-order valence-electron chi connectivity index (χ4n) is 3.93. The van der Waals surface area contributed by atoms with Gasteiger partial charge < -0.3 is 4.90 Å². The Labute approximate surface area is 168 Å². The van der Waals surface area contributed by atoms with Crippen molar-refractivity contribution in [1.82, 2.24) is 4.90 Å². The second-order valence-corrected chi connectivity index (χ2v) is 9.80. The van der Waals surface area contributed by atoms with Crippen molar-refractivity contribution in [2.45, 2.75) is 25.6 Å². The van der Waals surface area contributed by atoms with Crippen LogP contribution in [0.4, 0.5) is 10.5 Å². The lowest BCUT2D eigenvalue weighted by molar-refractivity contribution is 0.206. The molecule has 8 heteroatoms. The van der Waals surface area contributed by atoms with Crippen molar-refractivity contribution in [3.8, 4) is 6.07 Å². The van der Waals surface area contributed by atoms with Crippen LogP contribution in [0.15, 0.2) is 42.5 Å². The first-order chi connectivity index (χ1) is 13.3. The van der Waals surface area contributed by atoms with Gasteiger partial charge in [-0.2, -0.15) is 5.26 Å². The van der Waals surface area contributed by atoms with Gasteiger partial charge in [-0.1, -0.05) is 29.8 Å². The first-order valence-electron chi connectivity index (χ1n) is 8.84. The first kappa shape index (κ1) is 18.8. The Balaban J connectivity index is 1.72. The predicted octanol–water partition coefficient (Wildman–Crippen LogP) is 3.13. The average Bonchev–Trinajstić information content (AvgIpc) is 3.08. The van der Waals surface area contributed by atoms with Gasteiger partial charge in [0.2, 0.25) is 0 Å². The van der Waals surface area contributed by atoms with Crippen LogP contribution in [0.5, 0.6) is 0 Å². The van der Waals surface area contributed by atoms with Gasteiger partial charge in [0.15, 0.2) is 9.84 Å². The van der Waals surface area contributed by atoms with Crippen molar-refractivity contribution in [1.29, 1.82) is 5.26 Å². The minimum Gasteiger partial charge on any atom is -0.314 e. The number of fused-ring (bicyclic) bond motifs is 1. The third-order valence-electron chi connectivity index (χ3n) is 5.32. The molecule has 2 heterocycles. The molecule has 0 bridgehead atoms. The lowest BCUT2D eigenvalue weighted by Crippen LogP contribution is -2.37. The summed E-state index contributed by atoms with van der Waals surface area (Å²) in [5.41, 5.74) is 2.78.